The standard InChI is InChI=1S/C15H16N4O3S/c1-22-13-5-3-2-4-11(13)15-16-6-14(23-15)12-8-19(18-17-12)7-10(21)9-20/h2-6,8,10,20-21H,7,9H2,1H3/t10-/m0/s1. The summed E-state index contributed by atoms with van der Waals surface area (Å²) >= 11 is 1.49. The number of hydrogen-bond acceptors (Lipinski definition) is 7. The van der Waals surface area contributed by atoms with Crippen LogP contribution in [0.3, 0.4) is 0 Å². The fraction of sp³-hybridized carbons (Fsp3) is 0.267. The van der Waals surface area contributed by atoms with Crippen LogP contribution in [0.2, 0.25) is 0 Å². The van der Waals surface area contributed by atoms with Gasteiger partial charge in [-0.2, -0.15) is 0 Å². The van der Waals surface area contributed by atoms with Gasteiger partial charge in [-0.25, -0.2) is 9.67 Å². The molecule has 0 saturated carbocycles. The monoisotopic (exact) mass is 332 g/mol. The highest BCUT2D eigenvalue weighted by molar-refractivity contribution is 7.18. The van der Waals surface area contributed by atoms with Crippen LogP contribution in [0.15, 0.2) is 36.7 Å². The molecule has 120 valence electrons. The topological polar surface area (TPSA) is 93.3 Å². The van der Waals surface area contributed by atoms with Crippen molar-refractivity contribution < 1.29 is 14.9 Å². The molecule has 0 fully saturated rings. The smallest absolute Gasteiger partial charge is 0.129 e. The number of methoxy groups -OCH3 is 1. The maximum absolute atomic E-state index is 9.44. The number of para-hydroxylation sites is 1. The Hall–Kier alpha value is -2.29. The first-order valence-corrected chi connectivity index (χ1v) is 7.81. The van der Waals surface area contributed by atoms with Crippen molar-refractivity contribution in [3.63, 3.8) is 0 Å². The van der Waals surface area contributed by atoms with E-state index in [0.29, 0.717) is 5.69 Å². The van der Waals surface area contributed by atoms with E-state index >= 15 is 0 Å². The predicted octanol–water partition coefficient (Wildman–Crippen LogP) is 1.43. The Morgan fingerprint density at radius 2 is 2.17 bits per heavy atom. The highest BCUT2D eigenvalue weighted by atomic mass is 32.1. The van der Waals surface area contributed by atoms with E-state index in [2.05, 4.69) is 15.3 Å². The molecule has 0 aliphatic carbocycles. The Morgan fingerprint density at radius 1 is 1.35 bits per heavy atom. The lowest BCUT2D eigenvalue weighted by molar-refractivity contribution is 0.0778. The van der Waals surface area contributed by atoms with Gasteiger partial charge in [0.15, 0.2) is 0 Å². The predicted molar refractivity (Wildman–Crippen MR) is 86.2 cm³/mol. The van der Waals surface area contributed by atoms with Gasteiger partial charge in [0.2, 0.25) is 0 Å². The van der Waals surface area contributed by atoms with Crippen molar-refractivity contribution in [2.24, 2.45) is 0 Å². The lowest BCUT2D eigenvalue weighted by Crippen LogP contribution is -2.20. The van der Waals surface area contributed by atoms with Gasteiger partial charge in [0.1, 0.15) is 16.5 Å². The van der Waals surface area contributed by atoms with Crippen molar-refractivity contribution in [1.29, 1.82) is 0 Å². The van der Waals surface area contributed by atoms with E-state index in [0.717, 1.165) is 21.2 Å². The summed E-state index contributed by atoms with van der Waals surface area (Å²) in [6, 6.07) is 7.69. The van der Waals surface area contributed by atoms with Gasteiger partial charge < -0.3 is 14.9 Å². The number of rotatable bonds is 6. The second kappa shape index (κ2) is 6.86. The molecule has 2 aromatic heterocycles. The molecule has 0 radical (unpaired) electrons. The van der Waals surface area contributed by atoms with Crippen molar-refractivity contribution in [3.05, 3.63) is 36.7 Å². The molecule has 2 N–H and O–H groups in total. The van der Waals surface area contributed by atoms with E-state index < -0.39 is 6.10 Å². The van der Waals surface area contributed by atoms with Crippen LogP contribution >= 0.6 is 11.3 Å². The maximum Gasteiger partial charge on any atom is 0.129 e. The molecule has 0 amide bonds. The van der Waals surface area contributed by atoms with Crippen LogP contribution in [-0.2, 0) is 6.54 Å². The molecule has 3 rings (SSSR count). The average molecular weight is 332 g/mol. The molecule has 3 aromatic rings. The summed E-state index contributed by atoms with van der Waals surface area (Å²) < 4.78 is 6.86. The minimum Gasteiger partial charge on any atom is -0.496 e. The van der Waals surface area contributed by atoms with Crippen molar-refractivity contribution in [2.45, 2.75) is 12.6 Å². The van der Waals surface area contributed by atoms with E-state index in [1.54, 1.807) is 19.5 Å². The van der Waals surface area contributed by atoms with Crippen LogP contribution in [0.25, 0.3) is 21.1 Å². The summed E-state index contributed by atoms with van der Waals surface area (Å²) in [5.74, 6) is 0.767. The molecule has 2 heterocycles. The number of thiazole rings is 1. The minimum atomic E-state index is -0.852. The second-order valence-corrected chi connectivity index (χ2v) is 5.92. The fourth-order valence-electron chi connectivity index (χ4n) is 2.11. The van der Waals surface area contributed by atoms with Crippen molar-refractivity contribution in [3.8, 4) is 26.9 Å². The molecule has 0 spiro atoms. The maximum atomic E-state index is 9.44. The average Bonchev–Trinajstić information content (AvgIpc) is 3.23. The molecule has 0 unspecified atom stereocenters. The normalized spacial score (nSPS) is 12.3. The zero-order chi connectivity index (χ0) is 16.2. The minimum absolute atomic E-state index is 0.196. The van der Waals surface area contributed by atoms with Crippen LogP contribution in [0, 0.1) is 0 Å². The Labute approximate surface area is 136 Å². The number of nitrogens with zero attached hydrogens (tertiary/aromatic N) is 4. The van der Waals surface area contributed by atoms with Gasteiger partial charge in [-0.1, -0.05) is 17.3 Å². The first-order chi connectivity index (χ1) is 11.2. The SMILES string of the molecule is COc1ccccc1-c1ncc(-c2cn(C[C@H](O)CO)nn2)s1. The molecule has 1 aromatic carbocycles. The number of aliphatic hydroxyl groups excluding tert-OH is 2. The van der Waals surface area contributed by atoms with Crippen LogP contribution in [0.5, 0.6) is 5.75 Å². The highest BCUT2D eigenvalue weighted by Gasteiger charge is 2.13. The largest absolute Gasteiger partial charge is 0.496 e. The van der Waals surface area contributed by atoms with Crippen molar-refractivity contribution in [2.75, 3.05) is 13.7 Å². The Kier molecular flexibility index (Phi) is 4.65. The van der Waals surface area contributed by atoms with Gasteiger partial charge in [-0.15, -0.1) is 16.4 Å². The fourth-order valence-corrected chi connectivity index (χ4v) is 3.01. The molecule has 1 atom stereocenters. The van der Waals surface area contributed by atoms with Crippen LogP contribution in [0.1, 0.15) is 0 Å². The molecule has 0 bridgehead atoms. The van der Waals surface area contributed by atoms with Gasteiger partial charge in [-0.3, -0.25) is 0 Å². The molecule has 8 heteroatoms. The molecule has 7 nitrogen and oxygen atoms in total. The third kappa shape index (κ3) is 3.39. The third-order valence-electron chi connectivity index (χ3n) is 3.24. The number of benzene rings is 1. The quantitative estimate of drug-likeness (QED) is 0.709. The summed E-state index contributed by atoms with van der Waals surface area (Å²) in [7, 11) is 1.63. The zero-order valence-corrected chi connectivity index (χ0v) is 13.3. The third-order valence-corrected chi connectivity index (χ3v) is 4.30. The first kappa shape index (κ1) is 15.6. The van der Waals surface area contributed by atoms with Crippen molar-refractivity contribution >= 4 is 11.3 Å². The molecular weight excluding hydrogens is 316 g/mol. The van der Waals surface area contributed by atoms with E-state index in [-0.39, 0.29) is 13.2 Å². The summed E-state index contributed by atoms with van der Waals surface area (Å²) in [4.78, 5) is 5.30. The number of hydrogen-bond donors (Lipinski definition) is 2. The van der Waals surface area contributed by atoms with E-state index in [4.69, 9.17) is 9.84 Å². The summed E-state index contributed by atoms with van der Waals surface area (Å²) in [5.41, 5.74) is 1.60. The Balaban J connectivity index is 1.85. The van der Waals surface area contributed by atoms with Gasteiger partial charge in [0, 0.05) is 6.20 Å². The summed E-state index contributed by atoms with van der Waals surface area (Å²) in [6.07, 6.45) is 2.61. The van der Waals surface area contributed by atoms with E-state index in [9.17, 15) is 5.11 Å². The van der Waals surface area contributed by atoms with Gasteiger partial charge in [0.25, 0.3) is 0 Å². The van der Waals surface area contributed by atoms with Gasteiger partial charge in [-0.05, 0) is 12.1 Å². The van der Waals surface area contributed by atoms with Crippen molar-refractivity contribution in [1.82, 2.24) is 20.0 Å². The first-order valence-electron chi connectivity index (χ1n) is 7.00. The van der Waals surface area contributed by atoms with Crippen LogP contribution in [0.4, 0.5) is 0 Å². The lowest BCUT2D eigenvalue weighted by Gasteiger charge is -2.04. The zero-order valence-electron chi connectivity index (χ0n) is 12.5. The molecule has 0 saturated heterocycles. The Bertz CT molecular complexity index is 786. The van der Waals surface area contributed by atoms with Gasteiger partial charge >= 0.3 is 0 Å². The van der Waals surface area contributed by atoms with Gasteiger partial charge in [0.05, 0.1) is 43.0 Å². The van der Waals surface area contributed by atoms with Crippen LogP contribution in [-0.4, -0.2) is 50.0 Å². The number of aliphatic hydroxyl groups is 2. The van der Waals surface area contributed by atoms with Crippen LogP contribution < -0.4 is 4.74 Å². The molecular formula is C15H16N4O3S. The summed E-state index contributed by atoms with van der Waals surface area (Å²) in [5, 5.41) is 27.2. The highest BCUT2D eigenvalue weighted by Crippen LogP contribution is 2.35. The summed E-state index contributed by atoms with van der Waals surface area (Å²) in [6.45, 7) is -0.116. The van der Waals surface area contributed by atoms with E-state index in [1.807, 2.05) is 24.3 Å². The molecule has 23 heavy (non-hydrogen) atoms. The lowest BCUT2D eigenvalue weighted by atomic mass is 10.2. The Morgan fingerprint density at radius 3 is 2.96 bits per heavy atom. The molecule has 0 aliphatic heterocycles. The molecule has 0 aliphatic rings. The second-order valence-electron chi connectivity index (χ2n) is 4.89. The number of aromatic nitrogens is 4. The van der Waals surface area contributed by atoms with E-state index in [1.165, 1.54) is 16.0 Å². The number of ether oxygens (including phenoxy) is 1.